The SMILES string of the molecule is CCCCOC1=NC[C@@H]2[C@H](C)N[C@H](OC)N[C@]23CN13. The van der Waals surface area contributed by atoms with Gasteiger partial charge in [-0.25, -0.2) is 4.99 Å². The second-order valence-electron chi connectivity index (χ2n) is 5.66. The van der Waals surface area contributed by atoms with Gasteiger partial charge in [0.15, 0.2) is 6.35 Å². The third-order valence-electron chi connectivity index (χ3n) is 4.41. The Labute approximate surface area is 114 Å². The number of amidine groups is 1. The van der Waals surface area contributed by atoms with Crippen LogP contribution in [0.5, 0.6) is 0 Å². The fourth-order valence-electron chi connectivity index (χ4n) is 3.16. The Morgan fingerprint density at radius 2 is 2.37 bits per heavy atom. The maximum atomic E-state index is 5.80. The maximum Gasteiger partial charge on any atom is 0.289 e. The molecule has 0 saturated carbocycles. The smallest absolute Gasteiger partial charge is 0.289 e. The van der Waals surface area contributed by atoms with E-state index in [1.165, 1.54) is 0 Å². The highest BCUT2D eigenvalue weighted by atomic mass is 16.5. The van der Waals surface area contributed by atoms with Crippen molar-refractivity contribution in [1.29, 1.82) is 0 Å². The summed E-state index contributed by atoms with van der Waals surface area (Å²) in [5, 5.41) is 6.95. The molecule has 2 fully saturated rings. The van der Waals surface area contributed by atoms with Crippen molar-refractivity contribution >= 4 is 6.02 Å². The van der Waals surface area contributed by atoms with E-state index in [1.54, 1.807) is 7.11 Å². The van der Waals surface area contributed by atoms with E-state index in [-0.39, 0.29) is 12.0 Å². The second kappa shape index (κ2) is 4.92. The number of unbranched alkanes of at least 4 members (excludes halogenated alkanes) is 1. The van der Waals surface area contributed by atoms with Crippen LogP contribution in [0.15, 0.2) is 4.99 Å². The first kappa shape index (κ1) is 13.1. The van der Waals surface area contributed by atoms with Gasteiger partial charge in [0.25, 0.3) is 6.02 Å². The highest BCUT2D eigenvalue weighted by Gasteiger charge is 2.65. The minimum absolute atomic E-state index is 0.00532. The summed E-state index contributed by atoms with van der Waals surface area (Å²) in [6, 6.07) is 1.19. The first-order valence-electron chi connectivity index (χ1n) is 7.22. The van der Waals surface area contributed by atoms with E-state index in [4.69, 9.17) is 9.47 Å². The summed E-state index contributed by atoms with van der Waals surface area (Å²) in [7, 11) is 1.72. The maximum absolute atomic E-state index is 5.80. The van der Waals surface area contributed by atoms with Gasteiger partial charge in [-0.1, -0.05) is 13.3 Å². The molecule has 3 aliphatic heterocycles. The zero-order valence-electron chi connectivity index (χ0n) is 12.0. The molecule has 0 radical (unpaired) electrons. The molecule has 2 saturated heterocycles. The molecule has 0 aliphatic carbocycles. The number of hydrogen-bond acceptors (Lipinski definition) is 6. The molecule has 0 amide bonds. The number of aliphatic imine (C=N–C) groups is 1. The fraction of sp³-hybridized carbons (Fsp3) is 0.923. The molecule has 3 rings (SSSR count). The van der Waals surface area contributed by atoms with Crippen LogP contribution in [0.4, 0.5) is 0 Å². The van der Waals surface area contributed by atoms with E-state index in [9.17, 15) is 0 Å². The third kappa shape index (κ3) is 2.11. The van der Waals surface area contributed by atoms with Crippen LogP contribution in [0.2, 0.25) is 0 Å². The van der Waals surface area contributed by atoms with Gasteiger partial charge in [-0.2, -0.15) is 0 Å². The molecule has 3 heterocycles. The van der Waals surface area contributed by atoms with Crippen molar-refractivity contribution in [2.75, 3.05) is 26.8 Å². The van der Waals surface area contributed by atoms with E-state index < -0.39 is 0 Å². The van der Waals surface area contributed by atoms with Crippen molar-refractivity contribution in [2.24, 2.45) is 10.9 Å². The molecule has 0 unspecified atom stereocenters. The number of ether oxygens (including phenoxy) is 2. The van der Waals surface area contributed by atoms with Gasteiger partial charge in [-0.05, 0) is 13.3 Å². The molecular formula is C13H24N4O2. The van der Waals surface area contributed by atoms with Crippen molar-refractivity contribution < 1.29 is 9.47 Å². The van der Waals surface area contributed by atoms with Gasteiger partial charge in [0, 0.05) is 19.1 Å². The minimum Gasteiger partial charge on any atom is -0.465 e. The Kier molecular flexibility index (Phi) is 3.41. The van der Waals surface area contributed by atoms with Crippen molar-refractivity contribution in [3.63, 3.8) is 0 Å². The lowest BCUT2D eigenvalue weighted by Crippen LogP contribution is -2.68. The highest BCUT2D eigenvalue weighted by Crippen LogP contribution is 2.44. The topological polar surface area (TPSA) is 57.9 Å². The van der Waals surface area contributed by atoms with Gasteiger partial charge in [0.2, 0.25) is 0 Å². The molecule has 6 heteroatoms. The second-order valence-corrected chi connectivity index (χ2v) is 5.66. The summed E-state index contributed by atoms with van der Waals surface area (Å²) in [6.45, 7) is 6.91. The number of methoxy groups -OCH3 is 1. The number of rotatable bonds is 4. The standard InChI is InChI=1S/C13H24N4O2/c1-4-5-6-19-12-14-7-10-9(2)15-11(18-3)16-13(10)8-17(12)13/h9-11,15-16H,4-8H2,1-3H3/t9-,10+,11-,13-,17?/m0/s1. The Morgan fingerprint density at radius 1 is 1.53 bits per heavy atom. The first-order valence-corrected chi connectivity index (χ1v) is 7.22. The van der Waals surface area contributed by atoms with Crippen LogP contribution in [0.1, 0.15) is 26.7 Å². The largest absolute Gasteiger partial charge is 0.465 e. The molecule has 1 spiro atoms. The predicted octanol–water partition coefficient (Wildman–Crippen LogP) is 0.312. The van der Waals surface area contributed by atoms with Crippen LogP contribution in [0, 0.1) is 5.92 Å². The van der Waals surface area contributed by atoms with Crippen molar-refractivity contribution in [3.8, 4) is 0 Å². The fourth-order valence-corrected chi connectivity index (χ4v) is 3.16. The van der Waals surface area contributed by atoms with E-state index >= 15 is 0 Å². The molecule has 3 aliphatic rings. The van der Waals surface area contributed by atoms with Crippen molar-refractivity contribution in [3.05, 3.63) is 0 Å². The molecule has 0 aromatic heterocycles. The average molecular weight is 268 g/mol. The predicted molar refractivity (Wildman–Crippen MR) is 72.6 cm³/mol. The normalized spacial score (nSPS) is 40.3. The zero-order valence-corrected chi connectivity index (χ0v) is 12.0. The van der Waals surface area contributed by atoms with Crippen LogP contribution in [0.25, 0.3) is 0 Å². The summed E-state index contributed by atoms with van der Waals surface area (Å²) >= 11 is 0. The van der Waals surface area contributed by atoms with Gasteiger partial charge in [0.1, 0.15) is 5.66 Å². The lowest BCUT2D eigenvalue weighted by Gasteiger charge is -2.43. The van der Waals surface area contributed by atoms with Crippen LogP contribution >= 0.6 is 0 Å². The minimum atomic E-state index is -0.0914. The van der Waals surface area contributed by atoms with Gasteiger partial charge >= 0.3 is 0 Å². The third-order valence-corrected chi connectivity index (χ3v) is 4.41. The summed E-state index contributed by atoms with van der Waals surface area (Å²) in [5.41, 5.74) is -0.00532. The molecule has 0 bridgehead atoms. The van der Waals surface area contributed by atoms with Crippen LogP contribution in [-0.2, 0) is 9.47 Å². The van der Waals surface area contributed by atoms with Crippen LogP contribution in [0.3, 0.4) is 0 Å². The van der Waals surface area contributed by atoms with E-state index in [0.717, 1.165) is 38.6 Å². The van der Waals surface area contributed by atoms with E-state index in [2.05, 4.69) is 34.4 Å². The lowest BCUT2D eigenvalue weighted by atomic mass is 9.89. The van der Waals surface area contributed by atoms with Crippen LogP contribution < -0.4 is 10.6 Å². The monoisotopic (exact) mass is 268 g/mol. The first-order chi connectivity index (χ1) is 9.21. The van der Waals surface area contributed by atoms with Gasteiger partial charge in [0.05, 0.1) is 19.7 Å². The van der Waals surface area contributed by atoms with E-state index in [0.29, 0.717) is 12.0 Å². The molecule has 19 heavy (non-hydrogen) atoms. The number of nitrogens with zero attached hydrogens (tertiary/aromatic N) is 2. The van der Waals surface area contributed by atoms with E-state index in [1.807, 2.05) is 0 Å². The van der Waals surface area contributed by atoms with Gasteiger partial charge < -0.3 is 14.4 Å². The molecule has 6 nitrogen and oxygen atoms in total. The quantitative estimate of drug-likeness (QED) is 0.568. The Hall–Kier alpha value is -0.850. The Morgan fingerprint density at radius 3 is 3.11 bits per heavy atom. The van der Waals surface area contributed by atoms with Crippen molar-refractivity contribution in [2.45, 2.75) is 44.7 Å². The van der Waals surface area contributed by atoms with Crippen molar-refractivity contribution in [1.82, 2.24) is 15.5 Å². The van der Waals surface area contributed by atoms with Gasteiger partial charge in [-0.3, -0.25) is 10.6 Å². The lowest BCUT2D eigenvalue weighted by molar-refractivity contribution is -0.0330. The zero-order chi connectivity index (χ0) is 13.5. The average Bonchev–Trinajstić information content (AvgIpc) is 3.12. The molecule has 4 atom stereocenters. The number of hydrogen-bond donors (Lipinski definition) is 2. The van der Waals surface area contributed by atoms with Gasteiger partial charge in [-0.15, -0.1) is 0 Å². The summed E-state index contributed by atoms with van der Waals surface area (Å²) in [4.78, 5) is 6.84. The Bertz CT molecular complexity index is 376. The molecule has 108 valence electrons. The number of nitrogens with one attached hydrogen (secondary N) is 2. The summed E-state index contributed by atoms with van der Waals surface area (Å²) in [5.74, 6) is 0.470. The molecule has 2 N–H and O–H groups in total. The molecule has 0 aromatic carbocycles. The summed E-state index contributed by atoms with van der Waals surface area (Å²) in [6.07, 6.45) is 2.13. The highest BCUT2D eigenvalue weighted by molar-refractivity contribution is 5.79. The van der Waals surface area contributed by atoms with Crippen LogP contribution in [-0.4, -0.2) is 55.8 Å². The summed E-state index contributed by atoms with van der Waals surface area (Å²) < 4.78 is 11.2. The molecule has 0 aromatic rings. The molecular weight excluding hydrogens is 244 g/mol. The Balaban J connectivity index is 1.69.